The maximum Gasteiger partial charge on any atom is 0.328 e. The number of rotatable bonds is 5. The van der Waals surface area contributed by atoms with Crippen molar-refractivity contribution in [2.45, 2.75) is 32.9 Å². The maximum absolute atomic E-state index is 12.6. The van der Waals surface area contributed by atoms with Crippen molar-refractivity contribution in [3.05, 3.63) is 61.2 Å². The fourth-order valence-electron chi connectivity index (χ4n) is 3.09. The standard InChI is InChI=1S/C18H18N6O5S/c1-10-8-12(22-29-10)16(27)21-17-19-11-2-5-24(9-13(11)30-17)15(26)4-7-23-6-3-14(25)20-18(23)28/h3,6,8H,2,4-5,7,9H2,1H3,(H,19,21,27)(H,20,25,28). The predicted molar refractivity (Wildman–Crippen MR) is 106 cm³/mol. The van der Waals surface area contributed by atoms with E-state index in [1.54, 1.807) is 11.8 Å². The average molecular weight is 430 g/mol. The number of fused-ring (bicyclic) bond motifs is 1. The fourth-order valence-corrected chi connectivity index (χ4v) is 4.11. The molecule has 1 aliphatic rings. The van der Waals surface area contributed by atoms with Crippen molar-refractivity contribution in [3.8, 4) is 0 Å². The molecule has 0 radical (unpaired) electrons. The third-order valence-electron chi connectivity index (χ3n) is 4.63. The molecule has 0 bridgehead atoms. The maximum atomic E-state index is 12.6. The van der Waals surface area contributed by atoms with E-state index in [9.17, 15) is 19.2 Å². The lowest BCUT2D eigenvalue weighted by atomic mass is 10.1. The molecule has 11 nitrogen and oxygen atoms in total. The van der Waals surface area contributed by atoms with Gasteiger partial charge in [0.05, 0.1) is 12.2 Å². The molecule has 3 aromatic rings. The van der Waals surface area contributed by atoms with Crippen molar-refractivity contribution in [1.29, 1.82) is 0 Å². The second-order valence-electron chi connectivity index (χ2n) is 6.78. The van der Waals surface area contributed by atoms with Crippen LogP contribution in [-0.4, -0.2) is 43.0 Å². The highest BCUT2D eigenvalue weighted by molar-refractivity contribution is 7.15. The summed E-state index contributed by atoms with van der Waals surface area (Å²) in [4.78, 5) is 56.8. The number of aromatic amines is 1. The number of nitrogens with zero attached hydrogens (tertiary/aromatic N) is 4. The van der Waals surface area contributed by atoms with Gasteiger partial charge in [0.25, 0.3) is 11.5 Å². The average Bonchev–Trinajstić information content (AvgIpc) is 3.32. The number of amides is 2. The van der Waals surface area contributed by atoms with Crippen LogP contribution in [-0.2, 0) is 24.3 Å². The minimum atomic E-state index is -0.540. The van der Waals surface area contributed by atoms with Gasteiger partial charge in [0.2, 0.25) is 5.91 Å². The van der Waals surface area contributed by atoms with E-state index in [0.717, 1.165) is 10.6 Å². The molecule has 1 aliphatic heterocycles. The second kappa shape index (κ2) is 8.06. The van der Waals surface area contributed by atoms with E-state index < -0.39 is 17.2 Å². The molecule has 0 aliphatic carbocycles. The number of carbonyl (C=O) groups excluding carboxylic acids is 2. The summed E-state index contributed by atoms with van der Waals surface area (Å²) in [6.45, 7) is 2.78. The predicted octanol–water partition coefficient (Wildman–Crippen LogP) is 0.517. The van der Waals surface area contributed by atoms with Crippen molar-refractivity contribution in [2.24, 2.45) is 0 Å². The Balaban J connectivity index is 1.37. The zero-order valence-electron chi connectivity index (χ0n) is 16.0. The van der Waals surface area contributed by atoms with Crippen molar-refractivity contribution in [1.82, 2.24) is 24.6 Å². The lowest BCUT2D eigenvalue weighted by molar-refractivity contribution is -0.132. The summed E-state index contributed by atoms with van der Waals surface area (Å²) in [5.41, 5.74) is 0.0156. The number of anilines is 1. The molecule has 156 valence electrons. The van der Waals surface area contributed by atoms with Gasteiger partial charge >= 0.3 is 5.69 Å². The molecule has 0 saturated carbocycles. The quantitative estimate of drug-likeness (QED) is 0.600. The Morgan fingerprint density at radius 1 is 1.37 bits per heavy atom. The molecular formula is C18H18N6O5S. The van der Waals surface area contributed by atoms with Crippen LogP contribution in [0, 0.1) is 6.92 Å². The van der Waals surface area contributed by atoms with Crippen molar-refractivity contribution in [2.75, 3.05) is 11.9 Å². The lowest BCUT2D eigenvalue weighted by Crippen LogP contribution is -2.37. The van der Waals surface area contributed by atoms with Gasteiger partial charge in [-0.25, -0.2) is 9.78 Å². The number of hydrogen-bond acceptors (Lipinski definition) is 8. The number of thiazole rings is 1. The lowest BCUT2D eigenvalue weighted by Gasteiger charge is -2.26. The van der Waals surface area contributed by atoms with Crippen molar-refractivity contribution >= 4 is 28.3 Å². The monoisotopic (exact) mass is 430 g/mol. The topological polar surface area (TPSA) is 143 Å². The normalized spacial score (nSPS) is 13.2. The van der Waals surface area contributed by atoms with E-state index in [2.05, 4.69) is 20.4 Å². The molecule has 0 unspecified atom stereocenters. The first-order valence-corrected chi connectivity index (χ1v) is 10.0. The highest BCUT2D eigenvalue weighted by atomic mass is 32.1. The molecule has 4 rings (SSSR count). The van der Waals surface area contributed by atoms with Gasteiger partial charge < -0.3 is 14.0 Å². The van der Waals surface area contributed by atoms with Crippen molar-refractivity contribution < 1.29 is 14.1 Å². The Morgan fingerprint density at radius 3 is 2.93 bits per heavy atom. The molecule has 30 heavy (non-hydrogen) atoms. The van der Waals surface area contributed by atoms with E-state index >= 15 is 0 Å². The van der Waals surface area contributed by atoms with Gasteiger partial charge in [-0.3, -0.25) is 24.7 Å². The van der Waals surface area contributed by atoms with E-state index in [1.165, 1.54) is 34.2 Å². The highest BCUT2D eigenvalue weighted by Crippen LogP contribution is 2.29. The van der Waals surface area contributed by atoms with Crippen LogP contribution in [0.3, 0.4) is 0 Å². The molecule has 0 saturated heterocycles. The number of nitrogens with one attached hydrogen (secondary N) is 2. The number of hydrogen-bond donors (Lipinski definition) is 2. The van der Waals surface area contributed by atoms with Crippen LogP contribution < -0.4 is 16.6 Å². The molecule has 0 fully saturated rings. The molecule has 0 aromatic carbocycles. The molecule has 4 heterocycles. The number of aromatic nitrogens is 4. The highest BCUT2D eigenvalue weighted by Gasteiger charge is 2.25. The summed E-state index contributed by atoms with van der Waals surface area (Å²) in [6.07, 6.45) is 2.08. The van der Waals surface area contributed by atoms with Gasteiger partial charge in [0, 0.05) is 49.1 Å². The fraction of sp³-hybridized carbons (Fsp3) is 0.333. The largest absolute Gasteiger partial charge is 0.361 e. The first kappa shape index (κ1) is 19.8. The van der Waals surface area contributed by atoms with Crippen LogP contribution in [0.1, 0.15) is 33.2 Å². The molecule has 2 N–H and O–H groups in total. The summed E-state index contributed by atoms with van der Waals surface area (Å²) in [5.74, 6) is 0.0323. The van der Waals surface area contributed by atoms with Crippen LogP contribution in [0.15, 0.2) is 32.4 Å². The molecule has 3 aromatic heterocycles. The number of aryl methyl sites for hydroxylation is 2. The molecule has 2 amide bonds. The summed E-state index contributed by atoms with van der Waals surface area (Å²) >= 11 is 1.31. The second-order valence-corrected chi connectivity index (χ2v) is 7.87. The van der Waals surface area contributed by atoms with Gasteiger partial charge in [0.15, 0.2) is 10.8 Å². The first-order valence-electron chi connectivity index (χ1n) is 9.20. The Morgan fingerprint density at radius 2 is 2.20 bits per heavy atom. The van der Waals surface area contributed by atoms with E-state index in [1.807, 2.05) is 0 Å². The van der Waals surface area contributed by atoms with E-state index in [4.69, 9.17) is 4.52 Å². The summed E-state index contributed by atoms with van der Waals surface area (Å²) in [6, 6.07) is 2.78. The third-order valence-corrected chi connectivity index (χ3v) is 5.63. The van der Waals surface area contributed by atoms with Crippen molar-refractivity contribution in [3.63, 3.8) is 0 Å². The number of H-pyrrole nitrogens is 1. The third kappa shape index (κ3) is 4.22. The van der Waals surface area contributed by atoms with Crippen LogP contribution in [0.5, 0.6) is 0 Å². The van der Waals surface area contributed by atoms with Crippen LogP contribution in [0.2, 0.25) is 0 Å². The minimum absolute atomic E-state index is 0.101. The summed E-state index contributed by atoms with van der Waals surface area (Å²) < 4.78 is 6.19. The summed E-state index contributed by atoms with van der Waals surface area (Å²) in [7, 11) is 0. The van der Waals surface area contributed by atoms with Gasteiger partial charge in [0.1, 0.15) is 5.76 Å². The summed E-state index contributed by atoms with van der Waals surface area (Å²) in [5, 5.41) is 6.83. The molecular weight excluding hydrogens is 412 g/mol. The zero-order chi connectivity index (χ0) is 21.3. The molecule has 0 atom stereocenters. The minimum Gasteiger partial charge on any atom is -0.361 e. The SMILES string of the molecule is Cc1cc(C(=O)Nc2nc3c(s2)CN(C(=O)CCn2ccc(=O)[nH]c2=O)CC3)no1. The van der Waals surface area contributed by atoms with Gasteiger partial charge in [-0.05, 0) is 6.92 Å². The first-order chi connectivity index (χ1) is 14.4. The van der Waals surface area contributed by atoms with Crippen LogP contribution in [0.25, 0.3) is 0 Å². The van der Waals surface area contributed by atoms with Gasteiger partial charge in [-0.15, -0.1) is 0 Å². The molecule has 12 heteroatoms. The molecule has 0 spiro atoms. The Hall–Kier alpha value is -3.54. The smallest absolute Gasteiger partial charge is 0.328 e. The van der Waals surface area contributed by atoms with E-state index in [0.29, 0.717) is 30.4 Å². The van der Waals surface area contributed by atoms with Crippen LogP contribution in [0.4, 0.5) is 5.13 Å². The van der Waals surface area contributed by atoms with Gasteiger partial charge in [-0.1, -0.05) is 16.5 Å². The Bertz CT molecular complexity index is 1220. The number of carbonyl (C=O) groups is 2. The van der Waals surface area contributed by atoms with Crippen LogP contribution >= 0.6 is 11.3 Å². The van der Waals surface area contributed by atoms with E-state index in [-0.39, 0.29) is 24.6 Å². The Kier molecular flexibility index (Phi) is 5.31. The van der Waals surface area contributed by atoms with Gasteiger partial charge in [-0.2, -0.15) is 0 Å². The Labute approximate surface area is 173 Å². The zero-order valence-corrected chi connectivity index (χ0v) is 16.8.